The minimum Gasteiger partial charge on any atom is -0.387 e. The van der Waals surface area contributed by atoms with Crippen molar-refractivity contribution in [3.8, 4) is 0 Å². The van der Waals surface area contributed by atoms with Gasteiger partial charge in [0.05, 0.1) is 39.9 Å². The third kappa shape index (κ3) is 31.4. The van der Waals surface area contributed by atoms with Crippen LogP contribution in [0.2, 0.25) is 0 Å². The van der Waals surface area contributed by atoms with Gasteiger partial charge in [-0.1, -0.05) is 134 Å². The van der Waals surface area contributed by atoms with Crippen LogP contribution in [0.4, 0.5) is 0 Å². The summed E-state index contributed by atoms with van der Waals surface area (Å²) in [5.74, 6) is -0.191. The monoisotopic (exact) mass is 660 g/mol. The van der Waals surface area contributed by atoms with Crippen LogP contribution >= 0.6 is 7.82 Å². The number of quaternary nitrogens is 1. The number of nitrogens with zero attached hydrogens (tertiary/aromatic N) is 1. The van der Waals surface area contributed by atoms with E-state index in [0.29, 0.717) is 17.4 Å². The highest BCUT2D eigenvalue weighted by Gasteiger charge is 2.27. The molecule has 1 amide bonds. The van der Waals surface area contributed by atoms with E-state index in [0.717, 1.165) is 38.5 Å². The molecule has 9 heteroatoms. The maximum atomic E-state index is 12.7. The van der Waals surface area contributed by atoms with Gasteiger partial charge in [0.1, 0.15) is 13.2 Å². The van der Waals surface area contributed by atoms with Gasteiger partial charge >= 0.3 is 7.82 Å². The molecule has 0 rings (SSSR count). The summed E-state index contributed by atoms with van der Waals surface area (Å²) in [4.78, 5) is 22.9. The molecule has 0 radical (unpaired) electrons. The Balaban J connectivity index is 4.62. The van der Waals surface area contributed by atoms with E-state index in [9.17, 15) is 19.4 Å². The van der Waals surface area contributed by atoms with E-state index in [4.69, 9.17) is 9.05 Å². The van der Waals surface area contributed by atoms with Gasteiger partial charge in [0.2, 0.25) is 5.91 Å². The first-order chi connectivity index (χ1) is 21.5. The third-order valence-corrected chi connectivity index (χ3v) is 8.91. The molecule has 0 fully saturated rings. The number of hydrogen-bond donors (Lipinski definition) is 3. The topological polar surface area (TPSA) is 105 Å². The van der Waals surface area contributed by atoms with E-state index < -0.39 is 20.0 Å². The zero-order valence-electron chi connectivity index (χ0n) is 29.9. The fourth-order valence-electron chi connectivity index (χ4n) is 4.94. The lowest BCUT2D eigenvalue weighted by Crippen LogP contribution is -2.45. The maximum Gasteiger partial charge on any atom is 0.472 e. The smallest absolute Gasteiger partial charge is 0.387 e. The van der Waals surface area contributed by atoms with Gasteiger partial charge in [-0.3, -0.25) is 13.8 Å². The van der Waals surface area contributed by atoms with Crippen molar-refractivity contribution >= 4 is 13.7 Å². The quantitative estimate of drug-likeness (QED) is 0.0288. The minimum absolute atomic E-state index is 0.0575. The predicted molar refractivity (Wildman–Crippen MR) is 189 cm³/mol. The lowest BCUT2D eigenvalue weighted by atomic mass is 10.0. The number of amides is 1. The third-order valence-electron chi connectivity index (χ3n) is 7.92. The van der Waals surface area contributed by atoms with Crippen molar-refractivity contribution in [2.24, 2.45) is 0 Å². The lowest BCUT2D eigenvalue weighted by molar-refractivity contribution is -0.870. The molecule has 0 aromatic rings. The van der Waals surface area contributed by atoms with Crippen molar-refractivity contribution in [3.05, 3.63) is 24.3 Å². The molecular weight excluding hydrogens is 587 g/mol. The number of aliphatic hydroxyl groups excluding tert-OH is 1. The highest BCUT2D eigenvalue weighted by Crippen LogP contribution is 2.43. The van der Waals surface area contributed by atoms with E-state index in [1.165, 1.54) is 89.9 Å². The summed E-state index contributed by atoms with van der Waals surface area (Å²) in [7, 11) is 1.55. The number of hydrogen-bond acceptors (Lipinski definition) is 5. The Morgan fingerprint density at radius 3 is 1.78 bits per heavy atom. The van der Waals surface area contributed by atoms with Gasteiger partial charge in [0.25, 0.3) is 0 Å². The first-order valence-corrected chi connectivity index (χ1v) is 19.7. The Bertz CT molecular complexity index is 799. The van der Waals surface area contributed by atoms with Crippen molar-refractivity contribution in [2.45, 2.75) is 161 Å². The minimum atomic E-state index is -4.33. The Kier molecular flexibility index (Phi) is 28.5. The Morgan fingerprint density at radius 2 is 1.22 bits per heavy atom. The number of rotatable bonds is 32. The molecule has 0 aromatic carbocycles. The standard InChI is InChI=1S/C36H71N2O6P/c1-6-8-10-12-14-16-18-20-22-24-26-28-30-36(40)37-34(33-44-45(41,42)43-32-31-38(3,4)5)35(39)29-27-25-23-21-19-17-15-13-11-9-7-2/h19,21,27,29,34-35,39H,6-18,20,22-26,28,30-33H2,1-5H3,(H-,37,40,41,42)/p+1/b21-19+,29-27+/t34-,35+/m0/s1. The first-order valence-electron chi connectivity index (χ1n) is 18.2. The van der Waals surface area contributed by atoms with Crippen LogP contribution < -0.4 is 5.32 Å². The highest BCUT2D eigenvalue weighted by atomic mass is 31.2. The number of nitrogens with one attached hydrogen (secondary N) is 1. The van der Waals surface area contributed by atoms with Gasteiger partial charge in [0.15, 0.2) is 0 Å². The summed E-state index contributed by atoms with van der Waals surface area (Å²) in [5, 5.41) is 13.7. The highest BCUT2D eigenvalue weighted by molar-refractivity contribution is 7.47. The molecule has 0 spiro atoms. The van der Waals surface area contributed by atoms with Gasteiger partial charge in [0, 0.05) is 6.42 Å². The molecular formula is C36H72N2O6P+. The average Bonchev–Trinajstić information content (AvgIpc) is 2.97. The van der Waals surface area contributed by atoms with E-state index in [1.807, 2.05) is 27.2 Å². The lowest BCUT2D eigenvalue weighted by Gasteiger charge is -2.25. The maximum absolute atomic E-state index is 12.7. The number of carbonyl (C=O) groups excluding carboxylic acids is 1. The fraction of sp³-hybridized carbons (Fsp3) is 0.861. The van der Waals surface area contributed by atoms with Crippen molar-refractivity contribution in [3.63, 3.8) is 0 Å². The Morgan fingerprint density at radius 1 is 0.733 bits per heavy atom. The van der Waals surface area contributed by atoms with E-state index in [-0.39, 0.29) is 19.1 Å². The summed E-state index contributed by atoms with van der Waals surface area (Å²) in [5.41, 5.74) is 0. The Hall–Kier alpha value is -1.02. The molecule has 0 saturated heterocycles. The molecule has 0 heterocycles. The van der Waals surface area contributed by atoms with Gasteiger partial charge < -0.3 is 19.8 Å². The fourth-order valence-corrected chi connectivity index (χ4v) is 5.67. The van der Waals surface area contributed by atoms with Crippen LogP contribution in [-0.2, 0) is 18.4 Å². The summed E-state index contributed by atoms with van der Waals surface area (Å²) >= 11 is 0. The number of aliphatic hydroxyl groups is 1. The predicted octanol–water partition coefficient (Wildman–Crippen LogP) is 9.02. The summed E-state index contributed by atoms with van der Waals surface area (Å²) in [6.07, 6.45) is 31.0. The second-order valence-electron chi connectivity index (χ2n) is 13.6. The second-order valence-corrected chi connectivity index (χ2v) is 15.0. The largest absolute Gasteiger partial charge is 0.472 e. The van der Waals surface area contributed by atoms with Gasteiger partial charge in [-0.15, -0.1) is 0 Å². The second kappa shape index (κ2) is 29.1. The van der Waals surface area contributed by atoms with Crippen molar-refractivity contribution < 1.29 is 32.9 Å². The molecule has 3 atom stereocenters. The molecule has 45 heavy (non-hydrogen) atoms. The molecule has 0 saturated carbocycles. The van der Waals surface area contributed by atoms with Crippen molar-refractivity contribution in [1.29, 1.82) is 0 Å². The summed E-state index contributed by atoms with van der Waals surface area (Å²) < 4.78 is 23.4. The van der Waals surface area contributed by atoms with E-state index >= 15 is 0 Å². The van der Waals surface area contributed by atoms with Gasteiger partial charge in [-0.25, -0.2) is 4.57 Å². The van der Waals surface area contributed by atoms with Gasteiger partial charge in [-0.2, -0.15) is 0 Å². The van der Waals surface area contributed by atoms with Crippen molar-refractivity contribution in [1.82, 2.24) is 5.32 Å². The normalized spacial score (nSPS) is 15.1. The van der Waals surface area contributed by atoms with E-state index in [2.05, 4.69) is 31.3 Å². The van der Waals surface area contributed by atoms with E-state index in [1.54, 1.807) is 6.08 Å². The molecule has 0 aliphatic rings. The molecule has 266 valence electrons. The SMILES string of the molecule is CCCCCCC/C=C/CC/C=C/[C@@H](O)[C@H](COP(=O)(O)OCC[N+](C)(C)C)NC(=O)CCCCCCCCCCCCCC. The van der Waals surface area contributed by atoms with Crippen LogP contribution in [0, 0.1) is 0 Å². The molecule has 8 nitrogen and oxygen atoms in total. The number of allylic oxidation sites excluding steroid dienone is 3. The number of carbonyl (C=O) groups is 1. The molecule has 0 aliphatic heterocycles. The van der Waals surface area contributed by atoms with Crippen LogP contribution in [0.15, 0.2) is 24.3 Å². The number of phosphoric acid groups is 1. The molecule has 1 unspecified atom stereocenters. The molecule has 0 aromatic heterocycles. The Labute approximate surface area is 277 Å². The summed E-state index contributed by atoms with van der Waals surface area (Å²) in [6, 6.07) is -0.854. The van der Waals surface area contributed by atoms with Crippen molar-refractivity contribution in [2.75, 3.05) is 40.9 Å². The zero-order valence-corrected chi connectivity index (χ0v) is 30.8. The first kappa shape index (κ1) is 44.0. The number of likely N-dealkylation sites (N-methyl/N-ethyl adjacent to an activating group) is 1. The summed E-state index contributed by atoms with van der Waals surface area (Å²) in [6.45, 7) is 4.73. The van der Waals surface area contributed by atoms with Crippen LogP contribution in [0.3, 0.4) is 0 Å². The van der Waals surface area contributed by atoms with Gasteiger partial charge in [-0.05, 0) is 32.1 Å². The number of unbranched alkanes of at least 4 members (excludes halogenated alkanes) is 17. The average molecular weight is 660 g/mol. The van der Waals surface area contributed by atoms with Crippen LogP contribution in [0.5, 0.6) is 0 Å². The zero-order chi connectivity index (χ0) is 33.7. The molecule has 3 N–H and O–H groups in total. The van der Waals surface area contributed by atoms with Crippen LogP contribution in [0.1, 0.15) is 149 Å². The molecule has 0 bridgehead atoms. The van der Waals surface area contributed by atoms with Crippen LogP contribution in [0.25, 0.3) is 0 Å². The van der Waals surface area contributed by atoms with Crippen LogP contribution in [-0.4, -0.2) is 73.4 Å². The number of phosphoric ester groups is 1. The molecule has 0 aliphatic carbocycles.